The lowest BCUT2D eigenvalue weighted by molar-refractivity contribution is -0.116. The van der Waals surface area contributed by atoms with Crippen molar-refractivity contribution in [3.63, 3.8) is 0 Å². The number of fused-ring (bicyclic) bond motifs is 1. The van der Waals surface area contributed by atoms with Crippen molar-refractivity contribution in [1.29, 1.82) is 0 Å². The predicted molar refractivity (Wildman–Crippen MR) is 119 cm³/mol. The number of sulfone groups is 1. The van der Waals surface area contributed by atoms with E-state index in [1.165, 1.54) is 6.20 Å². The van der Waals surface area contributed by atoms with Crippen LogP contribution in [0.2, 0.25) is 5.02 Å². The van der Waals surface area contributed by atoms with Gasteiger partial charge in [0.15, 0.2) is 9.84 Å². The van der Waals surface area contributed by atoms with Crippen LogP contribution in [0.25, 0.3) is 10.9 Å². The maximum Gasteiger partial charge on any atom is 0.244 e. The van der Waals surface area contributed by atoms with Gasteiger partial charge in [-0.3, -0.25) is 4.79 Å². The first-order valence-corrected chi connectivity index (χ1v) is 11.4. The molecule has 0 unspecified atom stereocenters. The fourth-order valence-electron chi connectivity index (χ4n) is 3.39. The quantitative estimate of drug-likeness (QED) is 0.465. The summed E-state index contributed by atoms with van der Waals surface area (Å²) in [6.07, 6.45) is 1.54. The van der Waals surface area contributed by atoms with Gasteiger partial charge in [0.2, 0.25) is 5.91 Å². The zero-order chi connectivity index (χ0) is 21.1. The maximum atomic E-state index is 13.2. The van der Waals surface area contributed by atoms with Crippen molar-refractivity contribution in [3.8, 4) is 0 Å². The van der Waals surface area contributed by atoms with Crippen LogP contribution in [-0.2, 0) is 26.9 Å². The molecular weight excluding hydrogens is 420 g/mol. The number of nitrogens with zero attached hydrogens (tertiary/aromatic N) is 1. The molecule has 0 saturated carbocycles. The highest BCUT2D eigenvalue weighted by atomic mass is 35.5. The lowest BCUT2D eigenvalue weighted by Gasteiger charge is -2.07. The summed E-state index contributed by atoms with van der Waals surface area (Å²) in [6, 6.07) is 23.1. The lowest BCUT2D eigenvalue weighted by atomic mass is 10.2. The van der Waals surface area contributed by atoms with Crippen LogP contribution in [0.5, 0.6) is 0 Å². The number of carbonyl (C=O) groups is 1. The number of halogens is 1. The second-order valence-corrected chi connectivity index (χ2v) is 9.34. The van der Waals surface area contributed by atoms with E-state index >= 15 is 0 Å². The summed E-state index contributed by atoms with van der Waals surface area (Å²) in [4.78, 5) is 12.7. The number of para-hydroxylation sites is 2. The summed E-state index contributed by atoms with van der Waals surface area (Å²) in [5, 5.41) is 3.90. The first-order valence-electron chi connectivity index (χ1n) is 9.32. The van der Waals surface area contributed by atoms with E-state index in [1.54, 1.807) is 53.1 Å². The molecule has 1 aromatic heterocycles. The second kappa shape index (κ2) is 8.34. The maximum absolute atomic E-state index is 13.2. The molecule has 0 fully saturated rings. The molecule has 0 spiro atoms. The zero-order valence-electron chi connectivity index (χ0n) is 16.0. The Balaban J connectivity index is 1.66. The Hall–Kier alpha value is -3.09. The summed E-state index contributed by atoms with van der Waals surface area (Å²) < 4.78 is 28.0. The van der Waals surface area contributed by atoms with Crippen LogP contribution >= 0.6 is 11.6 Å². The molecule has 1 heterocycles. The summed E-state index contributed by atoms with van der Waals surface area (Å²) >= 11 is 6.00. The number of hydrogen-bond donors (Lipinski definition) is 1. The van der Waals surface area contributed by atoms with Crippen LogP contribution in [0.3, 0.4) is 0 Å². The molecule has 1 N–H and O–H groups in total. The van der Waals surface area contributed by atoms with E-state index in [4.69, 9.17) is 11.6 Å². The van der Waals surface area contributed by atoms with Crippen molar-refractivity contribution in [2.24, 2.45) is 0 Å². The van der Waals surface area contributed by atoms with Gasteiger partial charge in [-0.2, -0.15) is 0 Å². The SMILES string of the molecule is O=C(Cn1cc(S(=O)(=O)Cc2cccc(Cl)c2)c2ccccc21)Nc1ccccc1. The molecule has 152 valence electrons. The Kier molecular flexibility index (Phi) is 5.61. The van der Waals surface area contributed by atoms with Gasteiger partial charge in [0.25, 0.3) is 0 Å². The second-order valence-electron chi connectivity index (χ2n) is 6.94. The van der Waals surface area contributed by atoms with Crippen LogP contribution < -0.4 is 5.32 Å². The van der Waals surface area contributed by atoms with Gasteiger partial charge in [-0.05, 0) is 35.9 Å². The number of amides is 1. The summed E-state index contributed by atoms with van der Waals surface area (Å²) in [7, 11) is -3.64. The molecule has 0 radical (unpaired) electrons. The topological polar surface area (TPSA) is 68.2 Å². The van der Waals surface area contributed by atoms with Crippen LogP contribution in [0.15, 0.2) is 90.0 Å². The van der Waals surface area contributed by atoms with Gasteiger partial charge in [0.05, 0.1) is 10.6 Å². The number of anilines is 1. The number of carbonyl (C=O) groups excluding carboxylic acids is 1. The molecule has 0 saturated heterocycles. The number of aromatic nitrogens is 1. The molecule has 0 aliphatic carbocycles. The molecule has 3 aromatic carbocycles. The van der Waals surface area contributed by atoms with Crippen LogP contribution in [0.1, 0.15) is 5.56 Å². The third-order valence-corrected chi connectivity index (χ3v) is 6.65. The number of rotatable bonds is 6. The average Bonchev–Trinajstić information content (AvgIpc) is 3.08. The van der Waals surface area contributed by atoms with Gasteiger partial charge < -0.3 is 9.88 Å². The first kappa shape index (κ1) is 20.2. The van der Waals surface area contributed by atoms with Gasteiger partial charge in [-0.25, -0.2) is 8.42 Å². The highest BCUT2D eigenvalue weighted by Gasteiger charge is 2.22. The molecule has 4 rings (SSSR count). The number of benzene rings is 3. The minimum Gasteiger partial charge on any atom is -0.337 e. The van der Waals surface area contributed by atoms with E-state index in [9.17, 15) is 13.2 Å². The molecule has 0 atom stereocenters. The van der Waals surface area contributed by atoms with Gasteiger partial charge in [-0.1, -0.05) is 60.1 Å². The highest BCUT2D eigenvalue weighted by Crippen LogP contribution is 2.28. The smallest absolute Gasteiger partial charge is 0.244 e. The minimum absolute atomic E-state index is 0.00208. The van der Waals surface area contributed by atoms with Gasteiger partial charge >= 0.3 is 0 Å². The molecule has 30 heavy (non-hydrogen) atoms. The van der Waals surface area contributed by atoms with Crippen LogP contribution in [0.4, 0.5) is 5.69 Å². The Morgan fingerprint density at radius 3 is 2.43 bits per heavy atom. The Labute approximate surface area is 179 Å². The Morgan fingerprint density at radius 1 is 0.933 bits per heavy atom. The van der Waals surface area contributed by atoms with E-state index in [1.807, 2.05) is 30.3 Å². The standard InChI is InChI=1S/C23H19ClN2O3S/c24-18-8-6-7-17(13-18)16-30(28,29)22-14-26(21-12-5-4-11-20(21)22)15-23(27)25-19-9-2-1-3-10-19/h1-14H,15-16H2,(H,25,27). The monoisotopic (exact) mass is 438 g/mol. The van der Waals surface area contributed by atoms with Crippen molar-refractivity contribution in [1.82, 2.24) is 4.57 Å². The predicted octanol–water partition coefficient (Wildman–Crippen LogP) is 4.91. The van der Waals surface area contributed by atoms with E-state index in [-0.39, 0.29) is 23.1 Å². The molecule has 1 amide bonds. The van der Waals surface area contributed by atoms with Gasteiger partial charge in [0, 0.05) is 27.8 Å². The van der Waals surface area contributed by atoms with Crippen molar-refractivity contribution >= 4 is 43.9 Å². The third-order valence-electron chi connectivity index (χ3n) is 4.70. The van der Waals surface area contributed by atoms with E-state index < -0.39 is 9.84 Å². The van der Waals surface area contributed by atoms with Crippen molar-refractivity contribution in [2.45, 2.75) is 17.2 Å². The summed E-state index contributed by atoms with van der Waals surface area (Å²) in [6.45, 7) is 0.00208. The van der Waals surface area contributed by atoms with Crippen LogP contribution in [0, 0.1) is 0 Å². The Morgan fingerprint density at radius 2 is 1.67 bits per heavy atom. The van der Waals surface area contributed by atoms with Crippen molar-refractivity contribution in [3.05, 3.63) is 95.6 Å². The molecule has 0 aliphatic rings. The fraction of sp³-hybridized carbons (Fsp3) is 0.0870. The molecule has 0 bridgehead atoms. The van der Waals surface area contributed by atoms with Gasteiger partial charge in [-0.15, -0.1) is 0 Å². The zero-order valence-corrected chi connectivity index (χ0v) is 17.5. The molecule has 4 aromatic rings. The average molecular weight is 439 g/mol. The fourth-order valence-corrected chi connectivity index (χ4v) is 5.17. The molecule has 5 nitrogen and oxygen atoms in total. The summed E-state index contributed by atoms with van der Waals surface area (Å²) in [5.74, 6) is -0.404. The molecular formula is C23H19ClN2O3S. The normalized spacial score (nSPS) is 11.5. The highest BCUT2D eigenvalue weighted by molar-refractivity contribution is 7.90. The van der Waals surface area contributed by atoms with E-state index in [2.05, 4.69) is 5.32 Å². The molecule has 7 heteroatoms. The summed E-state index contributed by atoms with van der Waals surface area (Å²) in [5.41, 5.74) is 1.99. The largest absolute Gasteiger partial charge is 0.337 e. The third kappa shape index (κ3) is 4.40. The van der Waals surface area contributed by atoms with E-state index in [0.717, 1.165) is 0 Å². The Bertz CT molecular complexity index is 1310. The minimum atomic E-state index is -3.64. The van der Waals surface area contributed by atoms with Crippen molar-refractivity contribution in [2.75, 3.05) is 5.32 Å². The van der Waals surface area contributed by atoms with Crippen molar-refractivity contribution < 1.29 is 13.2 Å². The lowest BCUT2D eigenvalue weighted by Crippen LogP contribution is -2.18. The van der Waals surface area contributed by atoms with Gasteiger partial charge in [0.1, 0.15) is 6.54 Å². The van der Waals surface area contributed by atoms with Crippen LogP contribution in [-0.4, -0.2) is 18.9 Å². The molecule has 0 aliphatic heterocycles. The number of hydrogen-bond acceptors (Lipinski definition) is 3. The van der Waals surface area contributed by atoms with E-state index in [0.29, 0.717) is 27.2 Å². The first-order chi connectivity index (χ1) is 14.4. The number of nitrogens with one attached hydrogen (secondary N) is 1.